The number of hydrogen-bond donors (Lipinski definition) is 2. The van der Waals surface area contributed by atoms with Gasteiger partial charge >= 0.3 is 0 Å². The van der Waals surface area contributed by atoms with E-state index < -0.39 is 10.0 Å². The van der Waals surface area contributed by atoms with Crippen LogP contribution >= 0.6 is 11.6 Å². The molecular weight excluding hydrogens is 502 g/mol. The van der Waals surface area contributed by atoms with Crippen LogP contribution in [0.2, 0.25) is 5.02 Å². The number of aromatic nitrogens is 2. The SMILES string of the molecule is CNC(=O)c1ccc(-c2nc(NC)nc3c2-c2cc(S(=O)(=O)N4CCOCC4)c(Cl)cc2CC3)cc1. The molecule has 1 fully saturated rings. The van der Waals surface area contributed by atoms with Gasteiger partial charge in [-0.3, -0.25) is 4.79 Å². The van der Waals surface area contributed by atoms with E-state index in [0.29, 0.717) is 43.3 Å². The Bertz CT molecular complexity index is 1440. The number of amides is 1. The number of aryl methyl sites for hydroxylation is 2. The molecule has 0 bridgehead atoms. The third-order valence-electron chi connectivity index (χ3n) is 6.50. The molecule has 11 heteroatoms. The molecule has 1 aliphatic carbocycles. The van der Waals surface area contributed by atoms with Crippen molar-refractivity contribution in [1.29, 1.82) is 0 Å². The maximum Gasteiger partial charge on any atom is 0.251 e. The Balaban J connectivity index is 1.68. The first-order valence-corrected chi connectivity index (χ1v) is 13.5. The summed E-state index contributed by atoms with van der Waals surface area (Å²) in [5.74, 6) is 0.290. The number of nitrogens with one attached hydrogen (secondary N) is 2. The average Bonchev–Trinajstić information content (AvgIpc) is 2.91. The van der Waals surface area contributed by atoms with Crippen LogP contribution in [0.5, 0.6) is 0 Å². The van der Waals surface area contributed by atoms with Gasteiger partial charge in [0.25, 0.3) is 5.91 Å². The van der Waals surface area contributed by atoms with Gasteiger partial charge in [0.1, 0.15) is 4.90 Å². The van der Waals surface area contributed by atoms with Gasteiger partial charge in [-0.1, -0.05) is 23.7 Å². The fraction of sp³-hybridized carbons (Fsp3) is 0.320. The highest BCUT2D eigenvalue weighted by Gasteiger charge is 2.32. The number of morpholine rings is 1. The number of hydrogen-bond acceptors (Lipinski definition) is 7. The van der Waals surface area contributed by atoms with Gasteiger partial charge < -0.3 is 15.4 Å². The molecule has 0 spiro atoms. The van der Waals surface area contributed by atoms with E-state index in [-0.39, 0.29) is 28.9 Å². The van der Waals surface area contributed by atoms with E-state index in [1.54, 1.807) is 38.4 Å². The van der Waals surface area contributed by atoms with E-state index in [9.17, 15) is 13.2 Å². The maximum absolute atomic E-state index is 13.5. The summed E-state index contributed by atoms with van der Waals surface area (Å²) in [6, 6.07) is 10.6. The molecule has 5 rings (SSSR count). The molecule has 188 valence electrons. The normalized spacial score (nSPS) is 15.6. The number of carbonyl (C=O) groups excluding carboxylic acids is 1. The van der Waals surface area contributed by atoms with E-state index >= 15 is 0 Å². The lowest BCUT2D eigenvalue weighted by atomic mass is 9.86. The van der Waals surface area contributed by atoms with Crippen LogP contribution in [-0.2, 0) is 27.6 Å². The first kappa shape index (κ1) is 24.6. The molecule has 2 heterocycles. The van der Waals surface area contributed by atoms with Crippen molar-refractivity contribution in [3.05, 3.63) is 58.2 Å². The summed E-state index contributed by atoms with van der Waals surface area (Å²) < 4.78 is 33.7. The molecule has 0 saturated carbocycles. The molecule has 2 aromatic carbocycles. The van der Waals surface area contributed by atoms with Gasteiger partial charge in [-0.2, -0.15) is 4.31 Å². The Morgan fingerprint density at radius 1 is 1.06 bits per heavy atom. The highest BCUT2D eigenvalue weighted by atomic mass is 35.5. The molecule has 2 N–H and O–H groups in total. The van der Waals surface area contributed by atoms with Gasteiger partial charge in [-0.05, 0) is 48.2 Å². The van der Waals surface area contributed by atoms with Gasteiger partial charge in [0.2, 0.25) is 16.0 Å². The Labute approximate surface area is 214 Å². The van der Waals surface area contributed by atoms with E-state index in [2.05, 4.69) is 15.6 Å². The lowest BCUT2D eigenvalue weighted by Crippen LogP contribution is -2.40. The van der Waals surface area contributed by atoms with Crippen LogP contribution in [0.25, 0.3) is 22.4 Å². The molecule has 36 heavy (non-hydrogen) atoms. The average molecular weight is 528 g/mol. The first-order valence-electron chi connectivity index (χ1n) is 11.7. The molecule has 1 aliphatic heterocycles. The van der Waals surface area contributed by atoms with Crippen molar-refractivity contribution in [2.24, 2.45) is 0 Å². The zero-order valence-corrected chi connectivity index (χ0v) is 21.5. The maximum atomic E-state index is 13.5. The van der Waals surface area contributed by atoms with E-state index in [1.807, 2.05) is 12.1 Å². The minimum atomic E-state index is -3.81. The molecule has 1 aromatic heterocycles. The second kappa shape index (κ2) is 9.78. The topological polar surface area (TPSA) is 114 Å². The Morgan fingerprint density at radius 2 is 1.78 bits per heavy atom. The second-order valence-electron chi connectivity index (χ2n) is 8.58. The van der Waals surface area contributed by atoms with Crippen molar-refractivity contribution < 1.29 is 17.9 Å². The smallest absolute Gasteiger partial charge is 0.251 e. The molecular formula is C25H26ClN5O4S. The van der Waals surface area contributed by atoms with Crippen molar-refractivity contribution in [1.82, 2.24) is 19.6 Å². The fourth-order valence-electron chi connectivity index (χ4n) is 4.63. The van der Waals surface area contributed by atoms with Crippen molar-refractivity contribution in [2.75, 3.05) is 45.7 Å². The summed E-state index contributed by atoms with van der Waals surface area (Å²) in [5.41, 5.74) is 5.27. The summed E-state index contributed by atoms with van der Waals surface area (Å²) in [6.45, 7) is 1.26. The number of benzene rings is 2. The van der Waals surface area contributed by atoms with Gasteiger partial charge in [-0.25, -0.2) is 18.4 Å². The van der Waals surface area contributed by atoms with E-state index in [1.165, 1.54) is 4.31 Å². The van der Waals surface area contributed by atoms with Gasteiger partial charge in [0.05, 0.1) is 29.6 Å². The Morgan fingerprint density at radius 3 is 2.44 bits per heavy atom. The van der Waals surface area contributed by atoms with Crippen molar-refractivity contribution in [3.63, 3.8) is 0 Å². The zero-order chi connectivity index (χ0) is 25.4. The minimum absolute atomic E-state index is 0.0660. The van der Waals surface area contributed by atoms with Gasteiger partial charge in [0, 0.05) is 43.9 Å². The number of nitrogens with zero attached hydrogens (tertiary/aromatic N) is 3. The predicted molar refractivity (Wildman–Crippen MR) is 138 cm³/mol. The monoisotopic (exact) mass is 527 g/mol. The summed E-state index contributed by atoms with van der Waals surface area (Å²) in [6.07, 6.45) is 1.34. The van der Waals surface area contributed by atoms with Crippen LogP contribution < -0.4 is 10.6 Å². The molecule has 1 amide bonds. The number of carbonyl (C=O) groups is 1. The third-order valence-corrected chi connectivity index (χ3v) is 8.86. The third kappa shape index (κ3) is 4.34. The largest absolute Gasteiger partial charge is 0.379 e. The fourth-order valence-corrected chi connectivity index (χ4v) is 6.59. The lowest BCUT2D eigenvalue weighted by Gasteiger charge is -2.28. The van der Waals surface area contributed by atoms with Crippen molar-refractivity contribution in [3.8, 4) is 22.4 Å². The van der Waals surface area contributed by atoms with Crippen molar-refractivity contribution in [2.45, 2.75) is 17.7 Å². The number of rotatable bonds is 5. The number of anilines is 1. The number of halogens is 1. The van der Waals surface area contributed by atoms with Gasteiger partial charge in [0.15, 0.2) is 0 Å². The lowest BCUT2D eigenvalue weighted by molar-refractivity contribution is 0.0730. The summed E-state index contributed by atoms with van der Waals surface area (Å²) >= 11 is 6.54. The number of ether oxygens (including phenoxy) is 1. The van der Waals surface area contributed by atoms with Crippen LogP contribution in [0, 0.1) is 0 Å². The van der Waals surface area contributed by atoms with Gasteiger partial charge in [-0.15, -0.1) is 0 Å². The molecule has 2 aliphatic rings. The summed E-state index contributed by atoms with van der Waals surface area (Å²) in [5, 5.41) is 5.84. The zero-order valence-electron chi connectivity index (χ0n) is 20.0. The first-order chi connectivity index (χ1) is 17.3. The quantitative estimate of drug-likeness (QED) is 0.524. The molecule has 3 aromatic rings. The van der Waals surface area contributed by atoms with Crippen LogP contribution in [0.3, 0.4) is 0 Å². The molecule has 0 radical (unpaired) electrons. The summed E-state index contributed by atoms with van der Waals surface area (Å²) in [7, 11) is -0.475. The highest BCUT2D eigenvalue weighted by Crippen LogP contribution is 2.42. The molecule has 0 atom stereocenters. The van der Waals surface area contributed by atoms with Crippen LogP contribution in [0.4, 0.5) is 5.95 Å². The minimum Gasteiger partial charge on any atom is -0.379 e. The second-order valence-corrected chi connectivity index (χ2v) is 10.9. The van der Waals surface area contributed by atoms with Crippen LogP contribution in [-0.4, -0.2) is 69.0 Å². The molecule has 9 nitrogen and oxygen atoms in total. The highest BCUT2D eigenvalue weighted by molar-refractivity contribution is 7.89. The Kier molecular flexibility index (Phi) is 6.69. The predicted octanol–water partition coefficient (Wildman–Crippen LogP) is 2.98. The number of fused-ring (bicyclic) bond motifs is 3. The van der Waals surface area contributed by atoms with Crippen LogP contribution in [0.15, 0.2) is 41.3 Å². The molecule has 0 unspecified atom stereocenters. The number of sulfonamides is 1. The summed E-state index contributed by atoms with van der Waals surface area (Å²) in [4.78, 5) is 21.5. The standard InChI is InChI=1S/C25H26ClN5O4S/c1-27-24(32)16-5-3-15(4-6-16)23-22-18-14-21(36(33,34)31-9-11-35-12-10-31)19(26)13-17(18)7-8-20(22)29-25(28-2)30-23/h3-6,13-14H,7-12H2,1-2H3,(H,27,32)(H,28,29,30). The Hall–Kier alpha value is -3.05. The van der Waals surface area contributed by atoms with Crippen LogP contribution in [0.1, 0.15) is 21.6 Å². The van der Waals surface area contributed by atoms with Crippen molar-refractivity contribution >= 4 is 33.5 Å². The molecule has 1 saturated heterocycles. The van der Waals surface area contributed by atoms with E-state index in [4.69, 9.17) is 21.3 Å². The van der Waals surface area contributed by atoms with E-state index in [0.717, 1.165) is 27.9 Å².